The summed E-state index contributed by atoms with van der Waals surface area (Å²) in [6.45, 7) is 3.01. The molecule has 0 bridgehead atoms. The summed E-state index contributed by atoms with van der Waals surface area (Å²) in [5, 5.41) is 58.5. The number of methoxy groups -OCH3 is 1. The van der Waals surface area contributed by atoms with E-state index in [1.807, 2.05) is 0 Å². The number of esters is 1. The quantitative estimate of drug-likeness (QED) is 0.0222. The molecule has 6 aromatic carbocycles. The third-order valence-electron chi connectivity index (χ3n) is 12.2. The molecular weight excluding hydrogens is 1150 g/mol. The Morgan fingerprint density at radius 2 is 0.716 bits per heavy atom. The van der Waals surface area contributed by atoms with E-state index in [9.17, 15) is 103 Å². The first-order chi connectivity index (χ1) is 36.4. The van der Waals surface area contributed by atoms with Gasteiger partial charge in [-0.05, 0) is 147 Å². The van der Waals surface area contributed by atoms with Crippen molar-refractivity contribution in [3.05, 3.63) is 166 Å². The van der Waals surface area contributed by atoms with Gasteiger partial charge < -0.3 is 40.1 Å². The van der Waals surface area contributed by atoms with E-state index in [1.165, 1.54) is 61.5 Å². The fourth-order valence-electron chi connectivity index (χ4n) is 7.06. The molecule has 6 aromatic rings. The molecule has 4 atom stereocenters. The Labute approximate surface area is 464 Å². The van der Waals surface area contributed by atoms with Gasteiger partial charge in [0.15, 0.2) is 28.2 Å². The minimum atomic E-state index is -5.26. The Morgan fingerprint density at radius 3 is 1.05 bits per heavy atom. The predicted octanol–water partition coefficient (Wildman–Crippen LogP) is 14.0. The third kappa shape index (κ3) is 15.2. The lowest BCUT2D eigenvalue weighted by molar-refractivity contribution is -0.259. The van der Waals surface area contributed by atoms with Crippen molar-refractivity contribution in [2.24, 2.45) is 0 Å². The second-order valence-corrected chi connectivity index (χ2v) is 18.7. The first kappa shape index (κ1) is 68.1. The Bertz CT molecular complexity index is 3200. The summed E-state index contributed by atoms with van der Waals surface area (Å²) in [6, 6.07) is 22.8. The molecule has 440 valence electrons. The van der Waals surface area contributed by atoms with E-state index in [0.29, 0.717) is 27.7 Å². The van der Waals surface area contributed by atoms with Crippen molar-refractivity contribution < 1.29 is 113 Å². The summed E-state index contributed by atoms with van der Waals surface area (Å²) in [5.74, 6) is -4.24. The molecule has 0 fully saturated rings. The molecule has 0 aliphatic rings. The van der Waals surface area contributed by atoms with Crippen LogP contribution in [0, 0.1) is 0 Å². The van der Waals surface area contributed by atoms with Gasteiger partial charge in [0, 0.05) is 40.4 Å². The maximum Gasteiger partial charge on any atom is 0.421 e. The van der Waals surface area contributed by atoms with E-state index in [1.54, 1.807) is 6.07 Å². The van der Waals surface area contributed by atoms with Gasteiger partial charge >= 0.3 is 30.7 Å². The molecule has 0 amide bonds. The first-order valence-electron chi connectivity index (χ1n) is 22.4. The molecule has 0 aromatic heterocycles. The summed E-state index contributed by atoms with van der Waals surface area (Å²) >= 11 is 10.4. The topological polar surface area (TPSA) is 208 Å². The van der Waals surface area contributed by atoms with Gasteiger partial charge in [0.2, 0.25) is 0 Å². The molecule has 0 heterocycles. The number of hydrogen-bond donors (Lipinski definition) is 6. The van der Waals surface area contributed by atoms with Crippen LogP contribution in [-0.2, 0) is 22.4 Å². The van der Waals surface area contributed by atoms with Crippen LogP contribution >= 0.6 is 23.2 Å². The molecule has 26 heteroatoms. The number of carbonyl (C=O) groups is 4. The first-order valence-corrected chi connectivity index (χ1v) is 23.2. The summed E-state index contributed by atoms with van der Waals surface area (Å²) in [5.41, 5.74) is -17.0. The van der Waals surface area contributed by atoms with Gasteiger partial charge in [0.25, 0.3) is 10.5 Å². The van der Waals surface area contributed by atoms with Crippen LogP contribution in [0.4, 0.5) is 52.7 Å². The lowest BCUT2D eigenvalue weighted by Gasteiger charge is -2.29. The monoisotopic (exact) mass is 1200 g/mol. The molecule has 0 saturated carbocycles. The second kappa shape index (κ2) is 24.9. The van der Waals surface area contributed by atoms with Crippen LogP contribution in [0.3, 0.4) is 0 Å². The molecule has 81 heavy (non-hydrogen) atoms. The predicted molar refractivity (Wildman–Crippen MR) is 273 cm³/mol. The summed E-state index contributed by atoms with van der Waals surface area (Å²) < 4.78 is 171. The number of benzene rings is 6. The van der Waals surface area contributed by atoms with Crippen LogP contribution in [0.5, 0.6) is 23.0 Å². The van der Waals surface area contributed by atoms with Crippen molar-refractivity contribution >= 4 is 45.4 Å². The summed E-state index contributed by atoms with van der Waals surface area (Å²) in [4.78, 5) is 45.6. The molecule has 12 nitrogen and oxygen atoms in total. The van der Waals surface area contributed by atoms with E-state index in [4.69, 9.17) is 32.7 Å². The highest BCUT2D eigenvalue weighted by Gasteiger charge is 2.56. The average molecular weight is 1200 g/mol. The number of carbonyl (C=O) groups excluding carboxylic acids is 4. The number of ketones is 1. The Hall–Kier alpha value is -7.22. The number of alkyl halides is 12. The van der Waals surface area contributed by atoms with Gasteiger partial charge in [-0.2, -0.15) is 52.7 Å². The minimum absolute atomic E-state index is 0. The normalized spacial score (nSPS) is 14.8. The average Bonchev–Trinajstić information content (AvgIpc) is 3.51. The van der Waals surface area contributed by atoms with Gasteiger partial charge in [0.05, 0.1) is 12.7 Å². The van der Waals surface area contributed by atoms with Gasteiger partial charge in [0.1, 0.15) is 23.0 Å². The molecule has 0 spiro atoms. The number of Topliss-reactive ketones (excluding diaryl/α,β-unsaturated/α-hetero) is 1. The van der Waals surface area contributed by atoms with Gasteiger partial charge in [-0.1, -0.05) is 62.0 Å². The zero-order valence-electron chi connectivity index (χ0n) is 42.0. The van der Waals surface area contributed by atoms with E-state index < -0.39 is 103 Å². The fraction of sp³-hybridized carbons (Fsp3) is 0.273. The molecule has 0 saturated heterocycles. The number of phenolic OH excluding ortho intramolecular Hbond substituents is 2. The fourth-order valence-corrected chi connectivity index (χ4v) is 7.29. The zero-order valence-corrected chi connectivity index (χ0v) is 43.5. The maximum absolute atomic E-state index is 13.9. The molecule has 4 unspecified atom stereocenters. The number of phenols is 2. The second-order valence-electron chi connectivity index (χ2n) is 18.0. The van der Waals surface area contributed by atoms with Crippen molar-refractivity contribution in [3.63, 3.8) is 0 Å². The Morgan fingerprint density at radius 1 is 0.432 bits per heavy atom. The highest BCUT2D eigenvalue weighted by atomic mass is 35.5. The Balaban J connectivity index is 0.000000473. The molecular formula is C55H50Cl2F12O12. The van der Waals surface area contributed by atoms with Gasteiger partial charge in [-0.25, -0.2) is 4.79 Å². The number of halogens is 14. The van der Waals surface area contributed by atoms with Crippen molar-refractivity contribution in [3.8, 4) is 45.3 Å². The van der Waals surface area contributed by atoms with Crippen molar-refractivity contribution in [2.75, 3.05) is 7.11 Å². The van der Waals surface area contributed by atoms with Gasteiger partial charge in [-0.3, -0.25) is 14.4 Å². The molecule has 6 N–H and O–H groups in total. The highest BCUT2D eigenvalue weighted by Crippen LogP contribution is 2.49. The molecule has 0 aliphatic carbocycles. The molecule has 0 radical (unpaired) electrons. The lowest BCUT2D eigenvalue weighted by atomic mass is 9.88. The SMILES string of the molecule is C.CC(O)(c1cc(-c2ccc(O)c(C(C)(O)C(F)(F)F)c2)ccc1O)C(F)(F)F.COc1ccc(-c2ccc(OC(=O)c3cccc(C(C)=O)c3)c(C(C)(O)C(F)(F)F)c2)cc1C(C)(O)C(F)(F)F.O=C(Cl)c1cccc(C(=O)Cl)c1.[HH]. The van der Waals surface area contributed by atoms with Crippen LogP contribution in [0.1, 0.15) is 107 Å². The third-order valence-corrected chi connectivity index (χ3v) is 12.6. The molecule has 0 aliphatic heterocycles. The number of aliphatic hydroxyl groups is 4. The largest absolute Gasteiger partial charge is 0.508 e. The number of hydrogen-bond acceptors (Lipinski definition) is 12. The summed E-state index contributed by atoms with van der Waals surface area (Å²) in [7, 11) is 1.08. The van der Waals surface area contributed by atoms with Gasteiger partial charge in [-0.15, -0.1) is 0 Å². The smallest absolute Gasteiger partial charge is 0.421 e. The van der Waals surface area contributed by atoms with E-state index >= 15 is 0 Å². The number of rotatable bonds is 12. The van der Waals surface area contributed by atoms with Crippen LogP contribution in [0.2, 0.25) is 0 Å². The number of ether oxygens (including phenoxy) is 2. The van der Waals surface area contributed by atoms with E-state index in [2.05, 4.69) is 0 Å². The highest BCUT2D eigenvalue weighted by molar-refractivity contribution is 6.69. The van der Waals surface area contributed by atoms with Crippen molar-refractivity contribution in [1.82, 2.24) is 0 Å². The lowest BCUT2D eigenvalue weighted by Crippen LogP contribution is -2.39. The van der Waals surface area contributed by atoms with Crippen LogP contribution in [0.15, 0.2) is 121 Å². The van der Waals surface area contributed by atoms with E-state index in [-0.39, 0.29) is 64.9 Å². The van der Waals surface area contributed by atoms with Crippen molar-refractivity contribution in [1.29, 1.82) is 0 Å². The maximum atomic E-state index is 13.9. The minimum Gasteiger partial charge on any atom is -0.508 e. The van der Waals surface area contributed by atoms with E-state index in [0.717, 1.165) is 67.8 Å². The van der Waals surface area contributed by atoms with Crippen molar-refractivity contribution in [2.45, 2.75) is 89.2 Å². The standard InChI is InChI=1S/C28H24F6O6.C18H16F6O4.C8H4Cl2O2.CH4.H2/c1-15(35)16-6-5-7-19(12-16)24(36)40-23-11-9-18(14-21(23)26(3,38)28(32,33)34)17-8-10-22(39-4)20(13-17)25(2,37)27(29,30)31;1-15(27,17(19,20)21)11-7-9(3-5-13(11)25)10-4-6-14(26)12(8-10)16(2,28)18(22,23)24;9-7(11)5-2-1-3-6(4-5)8(10)12;;/h5-14,37-38H,1-4H3;3-8,25-28H,1-2H3;1-4H;1H4;1H. The Kier molecular flexibility index (Phi) is 20.9. The van der Waals surface area contributed by atoms with Crippen LogP contribution in [-0.4, -0.2) is 84.7 Å². The van der Waals surface area contributed by atoms with Crippen LogP contribution in [0.25, 0.3) is 22.3 Å². The zero-order chi connectivity index (χ0) is 61.1. The number of aromatic hydroxyl groups is 2. The summed E-state index contributed by atoms with van der Waals surface area (Å²) in [6.07, 6.45) is -20.7. The molecule has 6 rings (SSSR count). The van der Waals surface area contributed by atoms with Crippen LogP contribution < -0.4 is 9.47 Å².